The zero-order chi connectivity index (χ0) is 40.7. The predicted molar refractivity (Wildman–Crippen MR) is 186 cm³/mol. The fourth-order valence-electron chi connectivity index (χ4n) is 12.0. The van der Waals surface area contributed by atoms with Crippen LogP contribution in [0.15, 0.2) is 12.2 Å². The molecular weight excluding hydrogens is 744 g/mol. The molecule has 0 aromatic rings. The molecule has 2 bridgehead atoms. The van der Waals surface area contributed by atoms with Crippen molar-refractivity contribution in [2.24, 2.45) is 28.1 Å². The molecule has 18 heteroatoms. The third-order valence-corrected chi connectivity index (χ3v) is 15.0. The van der Waals surface area contributed by atoms with Gasteiger partial charge in [-0.1, -0.05) is 19.9 Å². The van der Waals surface area contributed by atoms with Gasteiger partial charge in [-0.05, 0) is 86.5 Å². The highest BCUT2D eigenvalue weighted by molar-refractivity contribution is 5.77. The molecule has 4 saturated carbocycles. The number of rotatable bonds is 9. The molecule has 3 saturated heterocycles. The Morgan fingerprint density at radius 2 is 1.21 bits per heavy atom. The van der Waals surface area contributed by atoms with E-state index in [0.29, 0.717) is 44.9 Å². The van der Waals surface area contributed by atoms with Crippen molar-refractivity contribution < 1.29 is 89.4 Å². The Balaban J connectivity index is 1.10. The average molecular weight is 805 g/mol. The Morgan fingerprint density at radius 1 is 0.679 bits per heavy atom. The molecule has 4 aliphatic carbocycles. The maximum Gasteiger partial charge on any atom is 0.314 e. The smallest absolute Gasteiger partial charge is 0.314 e. The summed E-state index contributed by atoms with van der Waals surface area (Å²) in [5, 5.41) is 114. The van der Waals surface area contributed by atoms with E-state index in [9.17, 15) is 61.0 Å². The van der Waals surface area contributed by atoms with Crippen LogP contribution in [0.5, 0.6) is 0 Å². The number of carbonyl (C=O) groups excluding carboxylic acids is 1. The van der Waals surface area contributed by atoms with Gasteiger partial charge < -0.3 is 84.6 Å². The van der Waals surface area contributed by atoms with Gasteiger partial charge >= 0.3 is 5.97 Å². The number of hydrogen-bond acceptors (Lipinski definition) is 18. The average Bonchev–Trinajstić information content (AvgIpc) is 3.37. The summed E-state index contributed by atoms with van der Waals surface area (Å²) in [6.07, 6.45) is -17.8. The molecule has 7 rings (SSSR count). The first-order valence-electron chi connectivity index (χ1n) is 19.9. The highest BCUT2D eigenvalue weighted by Gasteiger charge is 2.69. The minimum absolute atomic E-state index is 0.121. The molecule has 0 radical (unpaired) electrons. The fraction of sp³-hybridized carbons (Fsp3) is 0.921. The van der Waals surface area contributed by atoms with Gasteiger partial charge in [0.1, 0.15) is 73.2 Å². The van der Waals surface area contributed by atoms with Crippen molar-refractivity contribution in [3.63, 3.8) is 0 Å². The zero-order valence-corrected chi connectivity index (χ0v) is 31.8. The van der Waals surface area contributed by atoms with E-state index in [-0.39, 0.29) is 22.7 Å². The minimum atomic E-state index is -1.81. The lowest BCUT2D eigenvalue weighted by Crippen LogP contribution is -2.65. The van der Waals surface area contributed by atoms with Crippen LogP contribution < -0.4 is 0 Å². The Bertz CT molecular complexity index is 1450. The van der Waals surface area contributed by atoms with Crippen molar-refractivity contribution in [2.75, 3.05) is 19.8 Å². The van der Waals surface area contributed by atoms with Crippen LogP contribution in [-0.4, -0.2) is 180 Å². The first kappa shape index (κ1) is 42.7. The third-order valence-electron chi connectivity index (χ3n) is 15.0. The topological polar surface area (TPSA) is 295 Å². The van der Waals surface area contributed by atoms with Gasteiger partial charge in [0, 0.05) is 0 Å². The summed E-state index contributed by atoms with van der Waals surface area (Å²) in [5.41, 5.74) is -1.80. The Labute approximate surface area is 324 Å². The molecule has 7 fully saturated rings. The summed E-state index contributed by atoms with van der Waals surface area (Å²) in [6.45, 7) is 6.52. The summed E-state index contributed by atoms with van der Waals surface area (Å²) < 4.78 is 35.6. The molecule has 6 unspecified atom stereocenters. The van der Waals surface area contributed by atoms with Crippen molar-refractivity contribution in [2.45, 2.75) is 169 Å². The van der Waals surface area contributed by atoms with Crippen LogP contribution in [0.4, 0.5) is 0 Å². The predicted octanol–water partition coefficient (Wildman–Crippen LogP) is -2.94. The summed E-state index contributed by atoms with van der Waals surface area (Å²) in [4.78, 5) is 14.1. The van der Waals surface area contributed by atoms with Crippen LogP contribution in [0.1, 0.15) is 71.6 Å². The Hall–Kier alpha value is -1.43. The summed E-state index contributed by atoms with van der Waals surface area (Å²) in [5.74, 6) is -0.591. The molecule has 21 atom stereocenters. The normalized spacial score (nSPS) is 54.6. The van der Waals surface area contributed by atoms with E-state index >= 15 is 0 Å². The lowest BCUT2D eigenvalue weighted by Gasteiger charge is -2.64. The van der Waals surface area contributed by atoms with Crippen LogP contribution in [0, 0.1) is 28.1 Å². The number of esters is 1. The van der Waals surface area contributed by atoms with E-state index in [0.717, 1.165) is 18.4 Å². The Kier molecular flexibility index (Phi) is 11.9. The second-order valence-corrected chi connectivity index (χ2v) is 18.0. The van der Waals surface area contributed by atoms with Crippen LogP contribution in [0.2, 0.25) is 0 Å². The molecule has 18 nitrogen and oxygen atoms in total. The van der Waals surface area contributed by atoms with E-state index in [1.165, 1.54) is 0 Å². The largest absolute Gasteiger partial charge is 0.432 e. The molecular formula is C38H60O18. The van der Waals surface area contributed by atoms with Gasteiger partial charge in [-0.15, -0.1) is 0 Å². The van der Waals surface area contributed by atoms with Crippen LogP contribution in [-0.2, 0) is 33.2 Å². The number of hydrogen-bond donors (Lipinski definition) is 11. The van der Waals surface area contributed by atoms with Gasteiger partial charge in [0.05, 0.1) is 30.8 Å². The molecule has 0 aromatic heterocycles. The molecule has 56 heavy (non-hydrogen) atoms. The van der Waals surface area contributed by atoms with Gasteiger partial charge in [-0.25, -0.2) is 0 Å². The summed E-state index contributed by atoms with van der Waals surface area (Å²) in [6, 6.07) is 0. The lowest BCUT2D eigenvalue weighted by molar-refractivity contribution is -0.378. The molecule has 0 amide bonds. The van der Waals surface area contributed by atoms with Gasteiger partial charge in [0.15, 0.2) is 12.6 Å². The summed E-state index contributed by atoms with van der Waals surface area (Å²) in [7, 11) is 0. The Morgan fingerprint density at radius 3 is 1.82 bits per heavy atom. The van der Waals surface area contributed by atoms with Crippen molar-refractivity contribution in [1.82, 2.24) is 0 Å². The highest BCUT2D eigenvalue weighted by Crippen LogP contribution is 2.73. The maximum absolute atomic E-state index is 14.1. The molecule has 3 aliphatic heterocycles. The molecule has 1 spiro atoms. The number of aliphatic hydroxyl groups is 11. The first-order chi connectivity index (χ1) is 26.4. The first-order valence-corrected chi connectivity index (χ1v) is 19.9. The van der Waals surface area contributed by atoms with Gasteiger partial charge in [0.25, 0.3) is 0 Å². The van der Waals surface area contributed by atoms with Crippen LogP contribution in [0.25, 0.3) is 0 Å². The monoisotopic (exact) mass is 804 g/mol. The van der Waals surface area contributed by atoms with Crippen molar-refractivity contribution >= 4 is 5.97 Å². The number of ether oxygens (including phenoxy) is 6. The second kappa shape index (κ2) is 15.6. The quantitative estimate of drug-likeness (QED) is 0.0631. The van der Waals surface area contributed by atoms with E-state index in [2.05, 4.69) is 13.5 Å². The standard InChI is InChI=1S/C38H60O18/c1-16-11-37-9-5-20-35(2,7-4-8-36(20,3)34(50)55-32-29(49)26(46)23(43)18(13-40)52-32)21(37)6-10-38(16,15-37)56-33-30(27(47)24(44)19(14-41)53-33)54-31-28(48)25(45)22(42)17(12-39)51-31/h17-33,39-49H,1,4-15H2,2-3H3/t17?,18?,19?,20-,21-,22+,23+,24+,25?,26?,27?,28-,29-,30-,31-,32-,33-,35+,36+,37+,38-/m0/s1. The zero-order valence-electron chi connectivity index (χ0n) is 31.8. The van der Waals surface area contributed by atoms with Crippen molar-refractivity contribution in [3.8, 4) is 0 Å². The SMILES string of the molecule is C=C1C[C@@]23CC[C@H]4[C@@](C)(CCC[C@@]4(C)C(=O)O[C@@H]4OC(CO)[C@@H](O)C(O)[C@@H]4O)[C@@H]2CC[C@]1(O[C@@H]1OC(CO)[C@@H](O)C(O)[C@@H]1O[C@@H]1OC(CO)[C@@H](O)C(O)[C@@H]1O)C3. The minimum Gasteiger partial charge on any atom is -0.432 e. The van der Waals surface area contributed by atoms with Crippen LogP contribution in [0.3, 0.4) is 0 Å². The third kappa shape index (κ3) is 6.69. The fourth-order valence-corrected chi connectivity index (χ4v) is 12.0. The van der Waals surface area contributed by atoms with E-state index < -0.39 is 129 Å². The molecule has 0 aromatic carbocycles. The number of aliphatic hydroxyl groups excluding tert-OH is 11. The van der Waals surface area contributed by atoms with Crippen molar-refractivity contribution in [1.29, 1.82) is 0 Å². The number of fused-ring (bicyclic) bond motifs is 3. The maximum atomic E-state index is 14.1. The second-order valence-electron chi connectivity index (χ2n) is 18.0. The van der Waals surface area contributed by atoms with Crippen LogP contribution >= 0.6 is 0 Å². The van der Waals surface area contributed by atoms with Gasteiger partial charge in [0.2, 0.25) is 6.29 Å². The van der Waals surface area contributed by atoms with E-state index in [4.69, 9.17) is 28.4 Å². The summed E-state index contributed by atoms with van der Waals surface area (Å²) >= 11 is 0. The molecule has 11 N–H and O–H groups in total. The van der Waals surface area contributed by atoms with E-state index in [1.807, 2.05) is 6.92 Å². The van der Waals surface area contributed by atoms with E-state index in [1.54, 1.807) is 0 Å². The van der Waals surface area contributed by atoms with Crippen molar-refractivity contribution in [3.05, 3.63) is 12.2 Å². The van der Waals surface area contributed by atoms with Gasteiger partial charge in [-0.2, -0.15) is 0 Å². The molecule has 320 valence electrons. The molecule has 7 aliphatic rings. The van der Waals surface area contributed by atoms with Gasteiger partial charge in [-0.3, -0.25) is 4.79 Å². The lowest BCUT2D eigenvalue weighted by atomic mass is 9.41. The number of carbonyl (C=O) groups is 1. The molecule has 3 heterocycles. The highest BCUT2D eigenvalue weighted by atomic mass is 16.8.